The molecule has 3 aromatic rings. The second-order valence-corrected chi connectivity index (χ2v) is 8.14. The minimum absolute atomic E-state index is 0.159. The lowest BCUT2D eigenvalue weighted by molar-refractivity contribution is 0.102. The fraction of sp³-hybridized carbons (Fsp3) is 0.381. The maximum atomic E-state index is 12.8. The molecule has 1 fully saturated rings. The number of hydrogen-bond acceptors (Lipinski definition) is 4. The van der Waals surface area contributed by atoms with Gasteiger partial charge < -0.3 is 9.13 Å². The Morgan fingerprint density at radius 1 is 1.15 bits per heavy atom. The highest BCUT2D eigenvalue weighted by Crippen LogP contribution is 2.38. The molecule has 2 aromatic heterocycles. The number of hydrogen-bond donors (Lipinski definition) is 0. The van der Waals surface area contributed by atoms with E-state index in [4.69, 9.17) is 0 Å². The Kier molecular flexibility index (Phi) is 4.91. The molecule has 1 saturated carbocycles. The lowest BCUT2D eigenvalue weighted by Crippen LogP contribution is -2.08. The van der Waals surface area contributed by atoms with E-state index in [-0.39, 0.29) is 5.78 Å². The molecule has 0 unspecified atom stereocenters. The van der Waals surface area contributed by atoms with Crippen LogP contribution in [0.1, 0.15) is 52.0 Å². The standard InChI is InChI=1S/C21H24N4OS/c1-14-11-19(15(2)25(14)18-9-10-18)20(26)13-27-21-23-22-16(3)24(21)12-17-7-5-4-6-8-17/h4-8,11,18H,9-10,12-13H2,1-3H3. The van der Waals surface area contributed by atoms with Crippen LogP contribution in [0.15, 0.2) is 41.6 Å². The van der Waals surface area contributed by atoms with Crippen LogP contribution in [-0.2, 0) is 6.54 Å². The number of rotatable bonds is 7. The lowest BCUT2D eigenvalue weighted by atomic mass is 10.2. The molecule has 4 rings (SSSR count). The minimum Gasteiger partial charge on any atom is -0.345 e. The molecule has 1 aliphatic carbocycles. The van der Waals surface area contributed by atoms with Crippen LogP contribution in [0.5, 0.6) is 0 Å². The Balaban J connectivity index is 1.48. The quantitative estimate of drug-likeness (QED) is 0.451. The Morgan fingerprint density at radius 3 is 2.59 bits per heavy atom. The van der Waals surface area contributed by atoms with Crippen molar-refractivity contribution in [2.45, 2.75) is 51.4 Å². The Morgan fingerprint density at radius 2 is 1.89 bits per heavy atom. The van der Waals surface area contributed by atoms with Crippen LogP contribution in [0.4, 0.5) is 0 Å². The second kappa shape index (κ2) is 7.35. The van der Waals surface area contributed by atoms with Gasteiger partial charge in [0.1, 0.15) is 5.82 Å². The average Bonchev–Trinajstić information content (AvgIpc) is 3.37. The Hall–Kier alpha value is -2.34. The topological polar surface area (TPSA) is 52.7 Å². The number of aryl methyl sites for hydroxylation is 2. The van der Waals surface area contributed by atoms with Gasteiger partial charge in [-0.25, -0.2) is 0 Å². The van der Waals surface area contributed by atoms with Crippen molar-refractivity contribution in [3.8, 4) is 0 Å². The minimum atomic E-state index is 0.159. The molecule has 0 N–H and O–H groups in total. The van der Waals surface area contributed by atoms with Crippen molar-refractivity contribution >= 4 is 17.5 Å². The summed E-state index contributed by atoms with van der Waals surface area (Å²) >= 11 is 1.47. The van der Waals surface area contributed by atoms with Crippen LogP contribution in [0.25, 0.3) is 0 Å². The van der Waals surface area contributed by atoms with Gasteiger partial charge in [-0.15, -0.1) is 10.2 Å². The maximum Gasteiger partial charge on any atom is 0.191 e. The van der Waals surface area contributed by atoms with Crippen molar-refractivity contribution in [2.75, 3.05) is 5.75 Å². The lowest BCUT2D eigenvalue weighted by Gasteiger charge is -2.09. The van der Waals surface area contributed by atoms with Crippen molar-refractivity contribution in [1.82, 2.24) is 19.3 Å². The molecule has 0 amide bonds. The number of thioether (sulfide) groups is 1. The summed E-state index contributed by atoms with van der Waals surface area (Å²) in [4.78, 5) is 12.8. The Bertz CT molecular complexity index is 970. The number of benzene rings is 1. The summed E-state index contributed by atoms with van der Waals surface area (Å²) in [5, 5.41) is 9.28. The van der Waals surface area contributed by atoms with E-state index >= 15 is 0 Å². The number of carbonyl (C=O) groups is 1. The predicted molar refractivity (Wildman–Crippen MR) is 108 cm³/mol. The summed E-state index contributed by atoms with van der Waals surface area (Å²) in [5.74, 6) is 1.40. The SMILES string of the molecule is Cc1nnc(SCC(=O)c2cc(C)n(C3CC3)c2C)n1Cc1ccccc1. The largest absolute Gasteiger partial charge is 0.345 e. The van der Waals surface area contributed by atoms with Gasteiger partial charge in [-0.1, -0.05) is 42.1 Å². The second-order valence-electron chi connectivity index (χ2n) is 7.20. The van der Waals surface area contributed by atoms with E-state index in [1.807, 2.05) is 31.2 Å². The van der Waals surface area contributed by atoms with E-state index in [2.05, 4.69) is 45.3 Å². The summed E-state index contributed by atoms with van der Waals surface area (Å²) in [5.41, 5.74) is 4.33. The molecule has 0 aliphatic heterocycles. The zero-order chi connectivity index (χ0) is 19.0. The molecule has 1 aromatic carbocycles. The van der Waals surface area contributed by atoms with Crippen molar-refractivity contribution in [3.63, 3.8) is 0 Å². The van der Waals surface area contributed by atoms with Crippen molar-refractivity contribution in [1.29, 1.82) is 0 Å². The van der Waals surface area contributed by atoms with E-state index < -0.39 is 0 Å². The van der Waals surface area contributed by atoms with Crippen LogP contribution in [0, 0.1) is 20.8 Å². The summed E-state index contributed by atoms with van der Waals surface area (Å²) in [6.45, 7) is 6.82. The molecule has 140 valence electrons. The molecule has 0 saturated heterocycles. The molecule has 0 radical (unpaired) electrons. The third-order valence-corrected chi connectivity index (χ3v) is 6.08. The van der Waals surface area contributed by atoms with Crippen molar-refractivity contribution in [2.24, 2.45) is 0 Å². The molecule has 1 aliphatic rings. The number of carbonyl (C=O) groups excluding carboxylic acids is 1. The van der Waals surface area contributed by atoms with Crippen LogP contribution in [-0.4, -0.2) is 30.9 Å². The summed E-state index contributed by atoms with van der Waals surface area (Å²) in [6, 6.07) is 12.9. The van der Waals surface area contributed by atoms with E-state index in [0.29, 0.717) is 18.3 Å². The van der Waals surface area contributed by atoms with Crippen molar-refractivity contribution in [3.05, 3.63) is 64.7 Å². The van der Waals surface area contributed by atoms with Gasteiger partial charge in [0.2, 0.25) is 0 Å². The number of Topliss-reactive ketones (excluding diaryl/α,β-unsaturated/α-hetero) is 1. The van der Waals surface area contributed by atoms with E-state index in [0.717, 1.165) is 22.2 Å². The highest BCUT2D eigenvalue weighted by Gasteiger charge is 2.28. The van der Waals surface area contributed by atoms with Gasteiger partial charge in [0, 0.05) is 23.0 Å². The summed E-state index contributed by atoms with van der Waals surface area (Å²) in [7, 11) is 0. The molecule has 6 heteroatoms. The van der Waals surface area contributed by atoms with E-state index in [1.54, 1.807) is 0 Å². The molecular weight excluding hydrogens is 356 g/mol. The van der Waals surface area contributed by atoms with Gasteiger partial charge in [0.25, 0.3) is 0 Å². The number of ketones is 1. The number of nitrogens with zero attached hydrogens (tertiary/aromatic N) is 4. The average molecular weight is 381 g/mol. The summed E-state index contributed by atoms with van der Waals surface area (Å²) < 4.78 is 4.39. The van der Waals surface area contributed by atoms with Crippen LogP contribution in [0.2, 0.25) is 0 Å². The normalized spacial score (nSPS) is 13.9. The van der Waals surface area contributed by atoms with E-state index in [9.17, 15) is 4.79 Å². The monoisotopic (exact) mass is 380 g/mol. The zero-order valence-corrected chi connectivity index (χ0v) is 16.8. The van der Waals surface area contributed by atoms with Gasteiger partial charge in [0.05, 0.1) is 12.3 Å². The van der Waals surface area contributed by atoms with Crippen LogP contribution >= 0.6 is 11.8 Å². The molecular formula is C21H24N4OS. The first-order valence-corrected chi connectivity index (χ1v) is 10.3. The third kappa shape index (κ3) is 3.72. The van der Waals surface area contributed by atoms with Gasteiger partial charge >= 0.3 is 0 Å². The van der Waals surface area contributed by atoms with Crippen molar-refractivity contribution < 1.29 is 4.79 Å². The molecule has 0 spiro atoms. The molecule has 27 heavy (non-hydrogen) atoms. The van der Waals surface area contributed by atoms with Gasteiger partial charge in [-0.05, 0) is 45.2 Å². The highest BCUT2D eigenvalue weighted by atomic mass is 32.2. The molecule has 0 bridgehead atoms. The maximum absolute atomic E-state index is 12.8. The summed E-state index contributed by atoms with van der Waals surface area (Å²) in [6.07, 6.45) is 2.45. The molecule has 0 atom stereocenters. The highest BCUT2D eigenvalue weighted by molar-refractivity contribution is 7.99. The first-order valence-electron chi connectivity index (χ1n) is 9.32. The van der Waals surface area contributed by atoms with E-state index in [1.165, 1.54) is 35.9 Å². The van der Waals surface area contributed by atoms with Gasteiger partial charge in [-0.3, -0.25) is 4.79 Å². The van der Waals surface area contributed by atoms with Crippen LogP contribution < -0.4 is 0 Å². The fourth-order valence-corrected chi connectivity index (χ4v) is 4.44. The van der Waals surface area contributed by atoms with Gasteiger partial charge in [-0.2, -0.15) is 0 Å². The fourth-order valence-electron chi connectivity index (χ4n) is 3.58. The smallest absolute Gasteiger partial charge is 0.191 e. The third-order valence-electron chi connectivity index (χ3n) is 5.11. The predicted octanol–water partition coefficient (Wildman–Crippen LogP) is 4.36. The van der Waals surface area contributed by atoms with Gasteiger partial charge in [0.15, 0.2) is 10.9 Å². The Labute approximate surface area is 163 Å². The number of aromatic nitrogens is 4. The first kappa shape index (κ1) is 18.0. The first-order chi connectivity index (χ1) is 13.0. The van der Waals surface area contributed by atoms with Crippen LogP contribution in [0.3, 0.4) is 0 Å². The molecule has 2 heterocycles. The molecule has 5 nitrogen and oxygen atoms in total. The zero-order valence-electron chi connectivity index (χ0n) is 16.0.